The second kappa shape index (κ2) is 6.31. The molecule has 1 fully saturated rings. The van der Waals surface area contributed by atoms with E-state index in [4.69, 9.17) is 0 Å². The summed E-state index contributed by atoms with van der Waals surface area (Å²) in [6, 6.07) is 8.61. The molecule has 104 valence electrons. The van der Waals surface area contributed by atoms with Crippen LogP contribution in [0.2, 0.25) is 0 Å². The zero-order valence-corrected chi connectivity index (χ0v) is 12.2. The number of rotatable bonds is 4. The maximum absolute atomic E-state index is 12.2. The standard InChI is InChI=1S/C16H24N2O/c1-13-5-4-6-14(9-13)10-16(19)11-15-12-17(2)7-8-18(15)3/h4-6,9,15H,7-8,10-12H2,1-3H3. The number of benzene rings is 1. The van der Waals surface area contributed by atoms with Crippen LogP contribution in [0.25, 0.3) is 0 Å². The number of ketones is 1. The molecule has 0 bridgehead atoms. The molecule has 2 rings (SSSR count). The van der Waals surface area contributed by atoms with E-state index in [0.29, 0.717) is 24.7 Å². The minimum Gasteiger partial charge on any atom is -0.304 e. The van der Waals surface area contributed by atoms with Gasteiger partial charge in [0.15, 0.2) is 0 Å². The lowest BCUT2D eigenvalue weighted by Gasteiger charge is -2.37. The summed E-state index contributed by atoms with van der Waals surface area (Å²) < 4.78 is 0. The topological polar surface area (TPSA) is 23.6 Å². The number of carbonyl (C=O) groups excluding carboxylic acids is 1. The number of piperazine rings is 1. The van der Waals surface area contributed by atoms with Gasteiger partial charge in [0.05, 0.1) is 0 Å². The van der Waals surface area contributed by atoms with Gasteiger partial charge in [0.25, 0.3) is 0 Å². The van der Waals surface area contributed by atoms with Crippen LogP contribution in [0.4, 0.5) is 0 Å². The zero-order chi connectivity index (χ0) is 13.8. The molecule has 1 saturated heterocycles. The molecule has 0 N–H and O–H groups in total. The van der Waals surface area contributed by atoms with Crippen LogP contribution >= 0.6 is 0 Å². The van der Waals surface area contributed by atoms with Crippen LogP contribution in [0.1, 0.15) is 17.5 Å². The summed E-state index contributed by atoms with van der Waals surface area (Å²) >= 11 is 0. The van der Waals surface area contributed by atoms with E-state index in [2.05, 4.69) is 43.0 Å². The highest BCUT2D eigenvalue weighted by Gasteiger charge is 2.24. The molecule has 1 unspecified atom stereocenters. The zero-order valence-electron chi connectivity index (χ0n) is 12.2. The average molecular weight is 260 g/mol. The van der Waals surface area contributed by atoms with Gasteiger partial charge in [-0.2, -0.15) is 0 Å². The maximum Gasteiger partial charge on any atom is 0.138 e. The first kappa shape index (κ1) is 14.2. The molecule has 1 aromatic rings. The number of nitrogens with zero attached hydrogens (tertiary/aromatic N) is 2. The Kier molecular flexibility index (Phi) is 4.72. The van der Waals surface area contributed by atoms with Crippen molar-refractivity contribution in [1.82, 2.24) is 9.80 Å². The highest BCUT2D eigenvalue weighted by molar-refractivity contribution is 5.81. The van der Waals surface area contributed by atoms with E-state index in [1.807, 2.05) is 12.1 Å². The molecular weight excluding hydrogens is 236 g/mol. The third-order valence-electron chi connectivity index (χ3n) is 3.93. The van der Waals surface area contributed by atoms with Crippen molar-refractivity contribution in [3.8, 4) is 0 Å². The first-order valence-electron chi connectivity index (χ1n) is 7.00. The van der Waals surface area contributed by atoms with Gasteiger partial charge in [0.2, 0.25) is 0 Å². The van der Waals surface area contributed by atoms with Gasteiger partial charge in [-0.3, -0.25) is 4.79 Å². The van der Waals surface area contributed by atoms with Crippen LogP contribution in [-0.4, -0.2) is 55.4 Å². The molecule has 3 nitrogen and oxygen atoms in total. The Morgan fingerprint density at radius 3 is 2.84 bits per heavy atom. The first-order valence-corrected chi connectivity index (χ1v) is 7.00. The summed E-state index contributed by atoms with van der Waals surface area (Å²) in [5.41, 5.74) is 2.36. The van der Waals surface area contributed by atoms with Gasteiger partial charge in [0.1, 0.15) is 5.78 Å². The van der Waals surface area contributed by atoms with Gasteiger partial charge in [0, 0.05) is 38.5 Å². The van der Waals surface area contributed by atoms with E-state index >= 15 is 0 Å². The molecule has 0 spiro atoms. The number of hydrogen-bond donors (Lipinski definition) is 0. The Morgan fingerprint density at radius 1 is 1.32 bits per heavy atom. The van der Waals surface area contributed by atoms with E-state index in [-0.39, 0.29) is 0 Å². The fraction of sp³-hybridized carbons (Fsp3) is 0.562. The molecule has 19 heavy (non-hydrogen) atoms. The van der Waals surface area contributed by atoms with Crippen LogP contribution in [0.3, 0.4) is 0 Å². The van der Waals surface area contributed by atoms with Crippen molar-refractivity contribution >= 4 is 5.78 Å². The predicted octanol–water partition coefficient (Wildman–Crippen LogP) is 1.74. The van der Waals surface area contributed by atoms with Crippen LogP contribution in [0, 0.1) is 6.92 Å². The van der Waals surface area contributed by atoms with Crippen molar-refractivity contribution in [2.75, 3.05) is 33.7 Å². The van der Waals surface area contributed by atoms with Crippen molar-refractivity contribution in [3.63, 3.8) is 0 Å². The first-order chi connectivity index (χ1) is 9.04. The summed E-state index contributed by atoms with van der Waals surface area (Å²) in [5, 5.41) is 0. The molecule has 0 aliphatic carbocycles. The van der Waals surface area contributed by atoms with E-state index < -0.39 is 0 Å². The molecule has 1 aromatic carbocycles. The van der Waals surface area contributed by atoms with Crippen LogP contribution < -0.4 is 0 Å². The highest BCUT2D eigenvalue weighted by Crippen LogP contribution is 2.12. The van der Waals surface area contributed by atoms with E-state index in [9.17, 15) is 4.79 Å². The molecule has 3 heteroatoms. The molecule has 0 saturated carbocycles. The van der Waals surface area contributed by atoms with Crippen molar-refractivity contribution in [1.29, 1.82) is 0 Å². The predicted molar refractivity (Wildman–Crippen MR) is 78.4 cm³/mol. The summed E-state index contributed by atoms with van der Waals surface area (Å²) in [4.78, 5) is 16.8. The highest BCUT2D eigenvalue weighted by atomic mass is 16.1. The Balaban J connectivity index is 1.90. The minimum atomic E-state index is 0.345. The lowest BCUT2D eigenvalue weighted by Crippen LogP contribution is -2.50. The van der Waals surface area contributed by atoms with Gasteiger partial charge < -0.3 is 9.80 Å². The summed E-state index contributed by atoms with van der Waals surface area (Å²) in [6.07, 6.45) is 1.23. The minimum absolute atomic E-state index is 0.345. The molecule has 1 aliphatic rings. The Hall–Kier alpha value is -1.19. The Morgan fingerprint density at radius 2 is 2.11 bits per heavy atom. The number of carbonyl (C=O) groups is 1. The number of aryl methyl sites for hydroxylation is 1. The Bertz CT molecular complexity index is 444. The van der Waals surface area contributed by atoms with Crippen molar-refractivity contribution in [2.24, 2.45) is 0 Å². The smallest absolute Gasteiger partial charge is 0.138 e. The largest absolute Gasteiger partial charge is 0.304 e. The second-order valence-corrected chi connectivity index (χ2v) is 5.81. The number of likely N-dealkylation sites (N-methyl/N-ethyl adjacent to an activating group) is 2. The van der Waals surface area contributed by atoms with E-state index in [1.165, 1.54) is 5.56 Å². The molecule has 0 radical (unpaired) electrons. The lowest BCUT2D eigenvalue weighted by atomic mass is 10.00. The monoisotopic (exact) mass is 260 g/mol. The number of hydrogen-bond acceptors (Lipinski definition) is 3. The third kappa shape index (κ3) is 4.15. The van der Waals surface area contributed by atoms with Gasteiger partial charge in [-0.05, 0) is 26.6 Å². The molecule has 0 aromatic heterocycles. The van der Waals surface area contributed by atoms with Crippen LogP contribution in [0.5, 0.6) is 0 Å². The summed E-state index contributed by atoms with van der Waals surface area (Å²) in [5.74, 6) is 0.345. The van der Waals surface area contributed by atoms with Gasteiger partial charge in [-0.25, -0.2) is 0 Å². The fourth-order valence-corrected chi connectivity index (χ4v) is 2.71. The van der Waals surface area contributed by atoms with Gasteiger partial charge >= 0.3 is 0 Å². The van der Waals surface area contributed by atoms with Crippen molar-refractivity contribution in [3.05, 3.63) is 35.4 Å². The van der Waals surface area contributed by atoms with Gasteiger partial charge in [-0.1, -0.05) is 29.8 Å². The van der Waals surface area contributed by atoms with Crippen LogP contribution in [0.15, 0.2) is 24.3 Å². The molecule has 1 heterocycles. The third-order valence-corrected chi connectivity index (χ3v) is 3.93. The lowest BCUT2D eigenvalue weighted by molar-refractivity contribution is -0.120. The van der Waals surface area contributed by atoms with Gasteiger partial charge in [-0.15, -0.1) is 0 Å². The Labute approximate surface area is 116 Å². The van der Waals surface area contributed by atoms with Crippen LogP contribution in [-0.2, 0) is 11.2 Å². The van der Waals surface area contributed by atoms with E-state index in [0.717, 1.165) is 25.2 Å². The molecule has 1 atom stereocenters. The molecule has 1 aliphatic heterocycles. The van der Waals surface area contributed by atoms with E-state index in [1.54, 1.807) is 0 Å². The summed E-state index contributed by atoms with van der Waals surface area (Å²) in [6.45, 7) is 5.21. The maximum atomic E-state index is 12.2. The normalized spacial score (nSPS) is 21.5. The van der Waals surface area contributed by atoms with Crippen molar-refractivity contribution in [2.45, 2.75) is 25.8 Å². The molecular formula is C16H24N2O. The number of Topliss-reactive ketones (excluding diaryl/α,β-unsaturated/α-hetero) is 1. The quantitative estimate of drug-likeness (QED) is 0.824. The van der Waals surface area contributed by atoms with Crippen molar-refractivity contribution < 1.29 is 4.79 Å². The fourth-order valence-electron chi connectivity index (χ4n) is 2.71. The second-order valence-electron chi connectivity index (χ2n) is 5.81. The molecule has 0 amide bonds. The average Bonchev–Trinajstić information content (AvgIpc) is 2.34. The summed E-state index contributed by atoms with van der Waals surface area (Å²) in [7, 11) is 4.25. The SMILES string of the molecule is Cc1cccc(CC(=O)CC2CN(C)CCN2C)c1.